The summed E-state index contributed by atoms with van der Waals surface area (Å²) in [4.78, 5) is 0. The average molecular weight is 263 g/mol. The molecule has 0 unspecified atom stereocenters. The van der Waals surface area contributed by atoms with E-state index in [0.29, 0.717) is 0 Å². The van der Waals surface area contributed by atoms with Crippen molar-refractivity contribution >= 4 is 0 Å². The highest BCUT2D eigenvalue weighted by atomic mass is 16.5. The molecular weight excluding hydrogens is 234 g/mol. The summed E-state index contributed by atoms with van der Waals surface area (Å²) >= 11 is 0. The third-order valence-corrected chi connectivity index (χ3v) is 3.41. The van der Waals surface area contributed by atoms with E-state index in [0.717, 1.165) is 25.4 Å². The van der Waals surface area contributed by atoms with Crippen molar-refractivity contribution in [1.82, 2.24) is 5.32 Å². The summed E-state index contributed by atoms with van der Waals surface area (Å²) in [6, 6.07) is 4.34. The molecule has 0 heterocycles. The van der Waals surface area contributed by atoms with E-state index in [4.69, 9.17) is 4.74 Å². The predicted octanol–water partition coefficient (Wildman–Crippen LogP) is 4.02. The molecule has 0 radical (unpaired) electrons. The first kappa shape index (κ1) is 16.0. The van der Waals surface area contributed by atoms with Crippen molar-refractivity contribution in [3.8, 4) is 5.75 Å². The highest BCUT2D eigenvalue weighted by Crippen LogP contribution is 2.25. The maximum atomic E-state index is 6.05. The number of ether oxygens (including phenoxy) is 1. The Hall–Kier alpha value is -1.02. The molecule has 0 fully saturated rings. The molecule has 0 aliphatic heterocycles. The Morgan fingerprint density at radius 1 is 1.16 bits per heavy atom. The number of benzene rings is 1. The third-order valence-electron chi connectivity index (χ3n) is 3.41. The van der Waals surface area contributed by atoms with Crippen molar-refractivity contribution in [2.75, 3.05) is 19.7 Å². The van der Waals surface area contributed by atoms with Crippen molar-refractivity contribution in [3.63, 3.8) is 0 Å². The van der Waals surface area contributed by atoms with Gasteiger partial charge >= 0.3 is 0 Å². The Balaban J connectivity index is 2.61. The smallest absolute Gasteiger partial charge is 0.122 e. The summed E-state index contributed by atoms with van der Waals surface area (Å²) in [5, 5.41) is 3.47. The predicted molar refractivity (Wildman–Crippen MR) is 83.1 cm³/mol. The molecular formula is C17H29NO. The molecule has 0 saturated heterocycles. The van der Waals surface area contributed by atoms with Crippen LogP contribution >= 0.6 is 0 Å². The SMILES string of the molecule is CCCNCC(C)(C)COc1cc(C)cc(C)c1C. The van der Waals surface area contributed by atoms with Gasteiger partial charge in [0.1, 0.15) is 5.75 Å². The Labute approximate surface area is 118 Å². The first-order chi connectivity index (χ1) is 8.85. The van der Waals surface area contributed by atoms with Crippen LogP contribution in [-0.4, -0.2) is 19.7 Å². The van der Waals surface area contributed by atoms with Crippen LogP contribution in [0.4, 0.5) is 0 Å². The minimum Gasteiger partial charge on any atom is -0.493 e. The van der Waals surface area contributed by atoms with Crippen LogP contribution in [0.5, 0.6) is 5.75 Å². The van der Waals surface area contributed by atoms with Crippen molar-refractivity contribution < 1.29 is 4.74 Å². The maximum absolute atomic E-state index is 6.05. The average Bonchev–Trinajstić information content (AvgIpc) is 2.32. The van der Waals surface area contributed by atoms with Gasteiger partial charge in [-0.1, -0.05) is 26.8 Å². The fraction of sp³-hybridized carbons (Fsp3) is 0.647. The summed E-state index contributed by atoms with van der Waals surface area (Å²) in [5.74, 6) is 1.03. The number of hydrogen-bond donors (Lipinski definition) is 1. The molecule has 0 amide bonds. The zero-order valence-electron chi connectivity index (χ0n) is 13.4. The summed E-state index contributed by atoms with van der Waals surface area (Å²) < 4.78 is 6.05. The number of rotatable bonds is 7. The normalized spacial score (nSPS) is 11.7. The van der Waals surface area contributed by atoms with Crippen LogP contribution in [0.2, 0.25) is 0 Å². The van der Waals surface area contributed by atoms with Gasteiger partial charge in [0.05, 0.1) is 6.61 Å². The molecule has 2 heteroatoms. The maximum Gasteiger partial charge on any atom is 0.122 e. The summed E-state index contributed by atoms with van der Waals surface area (Å²) in [7, 11) is 0. The molecule has 1 rings (SSSR count). The van der Waals surface area contributed by atoms with Crippen LogP contribution in [0.1, 0.15) is 43.9 Å². The van der Waals surface area contributed by atoms with Crippen LogP contribution in [0.15, 0.2) is 12.1 Å². The standard InChI is InChI=1S/C17H29NO/c1-7-8-18-11-17(5,6)12-19-16-10-13(2)9-14(3)15(16)4/h9-10,18H,7-8,11-12H2,1-6H3. The van der Waals surface area contributed by atoms with Gasteiger partial charge in [0.2, 0.25) is 0 Å². The van der Waals surface area contributed by atoms with Crippen LogP contribution < -0.4 is 10.1 Å². The van der Waals surface area contributed by atoms with E-state index in [-0.39, 0.29) is 5.41 Å². The largest absolute Gasteiger partial charge is 0.493 e. The number of aryl methyl sites for hydroxylation is 2. The molecule has 0 aromatic heterocycles. The molecule has 0 bridgehead atoms. The quantitative estimate of drug-likeness (QED) is 0.750. The van der Waals surface area contributed by atoms with Gasteiger partial charge in [-0.05, 0) is 56.5 Å². The minimum atomic E-state index is 0.152. The van der Waals surface area contributed by atoms with Crippen LogP contribution in [-0.2, 0) is 0 Å². The molecule has 2 nitrogen and oxygen atoms in total. The number of hydrogen-bond acceptors (Lipinski definition) is 2. The van der Waals surface area contributed by atoms with Gasteiger partial charge in [-0.3, -0.25) is 0 Å². The Bertz CT molecular complexity index is 410. The zero-order valence-corrected chi connectivity index (χ0v) is 13.4. The van der Waals surface area contributed by atoms with Gasteiger partial charge in [0.15, 0.2) is 0 Å². The van der Waals surface area contributed by atoms with E-state index < -0.39 is 0 Å². The van der Waals surface area contributed by atoms with Crippen molar-refractivity contribution in [2.24, 2.45) is 5.41 Å². The van der Waals surface area contributed by atoms with Gasteiger partial charge < -0.3 is 10.1 Å². The Kier molecular flexibility index (Phi) is 5.86. The van der Waals surface area contributed by atoms with Crippen molar-refractivity contribution in [3.05, 3.63) is 28.8 Å². The van der Waals surface area contributed by atoms with Crippen molar-refractivity contribution in [1.29, 1.82) is 0 Å². The monoisotopic (exact) mass is 263 g/mol. The lowest BCUT2D eigenvalue weighted by Crippen LogP contribution is -2.34. The lowest BCUT2D eigenvalue weighted by molar-refractivity contribution is 0.175. The van der Waals surface area contributed by atoms with Gasteiger partial charge in [-0.2, -0.15) is 0 Å². The van der Waals surface area contributed by atoms with Crippen LogP contribution in [0.3, 0.4) is 0 Å². The lowest BCUT2D eigenvalue weighted by atomic mass is 9.94. The van der Waals surface area contributed by atoms with E-state index in [1.54, 1.807) is 0 Å². The van der Waals surface area contributed by atoms with E-state index in [2.05, 4.69) is 59.0 Å². The van der Waals surface area contributed by atoms with E-state index in [1.807, 2.05) is 0 Å². The molecule has 1 N–H and O–H groups in total. The molecule has 19 heavy (non-hydrogen) atoms. The van der Waals surface area contributed by atoms with Crippen LogP contribution in [0.25, 0.3) is 0 Å². The molecule has 1 aromatic rings. The summed E-state index contributed by atoms with van der Waals surface area (Å²) in [5.41, 5.74) is 3.97. The highest BCUT2D eigenvalue weighted by molar-refractivity contribution is 5.41. The van der Waals surface area contributed by atoms with E-state index >= 15 is 0 Å². The van der Waals surface area contributed by atoms with Gasteiger partial charge in [-0.15, -0.1) is 0 Å². The van der Waals surface area contributed by atoms with Gasteiger partial charge in [-0.25, -0.2) is 0 Å². The first-order valence-electron chi connectivity index (χ1n) is 7.27. The fourth-order valence-corrected chi connectivity index (χ4v) is 2.08. The topological polar surface area (TPSA) is 21.3 Å². The van der Waals surface area contributed by atoms with E-state index in [1.165, 1.54) is 23.1 Å². The molecule has 0 atom stereocenters. The second-order valence-corrected chi connectivity index (χ2v) is 6.33. The van der Waals surface area contributed by atoms with Gasteiger partial charge in [0, 0.05) is 12.0 Å². The zero-order chi connectivity index (χ0) is 14.5. The second-order valence-electron chi connectivity index (χ2n) is 6.33. The molecule has 0 aliphatic carbocycles. The molecule has 0 spiro atoms. The number of nitrogens with one attached hydrogen (secondary N) is 1. The molecule has 1 aromatic carbocycles. The lowest BCUT2D eigenvalue weighted by Gasteiger charge is -2.26. The summed E-state index contributed by atoms with van der Waals surface area (Å²) in [6.45, 7) is 15.9. The molecule has 0 saturated carbocycles. The second kappa shape index (κ2) is 6.95. The van der Waals surface area contributed by atoms with Gasteiger partial charge in [0.25, 0.3) is 0 Å². The molecule has 0 aliphatic rings. The summed E-state index contributed by atoms with van der Waals surface area (Å²) in [6.07, 6.45) is 1.17. The molecule has 108 valence electrons. The third kappa shape index (κ3) is 5.23. The minimum absolute atomic E-state index is 0.152. The Morgan fingerprint density at radius 3 is 2.47 bits per heavy atom. The highest BCUT2D eigenvalue weighted by Gasteiger charge is 2.19. The van der Waals surface area contributed by atoms with Crippen LogP contribution in [0, 0.1) is 26.2 Å². The fourth-order valence-electron chi connectivity index (χ4n) is 2.08. The first-order valence-corrected chi connectivity index (χ1v) is 7.27. The van der Waals surface area contributed by atoms with E-state index in [9.17, 15) is 0 Å². The van der Waals surface area contributed by atoms with Crippen molar-refractivity contribution in [2.45, 2.75) is 48.0 Å². The Morgan fingerprint density at radius 2 is 1.84 bits per heavy atom.